The highest BCUT2D eigenvalue weighted by molar-refractivity contribution is 6.30. The standard InChI is InChI=1S/C24H16ClN3O3/c25-19-8-5-18(6-9-19)24(30)31-22-10-7-16-3-1-2-4-20(16)21(22)15-27-28-23(29)17-11-13-26-14-12-17/h1-15H,(H,28,29). The highest BCUT2D eigenvalue weighted by atomic mass is 35.5. The lowest BCUT2D eigenvalue weighted by Crippen LogP contribution is -2.17. The van der Waals surface area contributed by atoms with Crippen LogP contribution < -0.4 is 10.2 Å². The lowest BCUT2D eigenvalue weighted by Gasteiger charge is -2.10. The van der Waals surface area contributed by atoms with Gasteiger partial charge in [0.1, 0.15) is 5.75 Å². The van der Waals surface area contributed by atoms with Crippen LogP contribution in [0, 0.1) is 0 Å². The van der Waals surface area contributed by atoms with Crippen LogP contribution in [0.4, 0.5) is 0 Å². The number of hydrogen-bond acceptors (Lipinski definition) is 5. The largest absolute Gasteiger partial charge is 0.422 e. The Hall–Kier alpha value is -4.03. The van der Waals surface area contributed by atoms with E-state index in [9.17, 15) is 9.59 Å². The SMILES string of the molecule is O=C(NN=Cc1c(OC(=O)c2ccc(Cl)cc2)ccc2ccccc12)c1ccncc1. The minimum absolute atomic E-state index is 0.320. The van der Waals surface area contributed by atoms with Crippen molar-refractivity contribution in [1.82, 2.24) is 10.4 Å². The van der Waals surface area contributed by atoms with Gasteiger partial charge in [0.15, 0.2) is 0 Å². The number of carbonyl (C=O) groups is 2. The first-order valence-corrected chi connectivity index (χ1v) is 9.72. The molecule has 4 aromatic rings. The molecule has 0 radical (unpaired) electrons. The predicted molar refractivity (Wildman–Crippen MR) is 120 cm³/mol. The number of pyridine rings is 1. The van der Waals surface area contributed by atoms with E-state index in [1.165, 1.54) is 18.6 Å². The maximum atomic E-state index is 12.6. The topological polar surface area (TPSA) is 80.6 Å². The fraction of sp³-hybridized carbons (Fsp3) is 0. The summed E-state index contributed by atoms with van der Waals surface area (Å²) in [4.78, 5) is 28.7. The number of hydrazone groups is 1. The highest BCUT2D eigenvalue weighted by Crippen LogP contribution is 2.27. The third-order valence-electron chi connectivity index (χ3n) is 4.52. The normalized spacial score (nSPS) is 10.9. The van der Waals surface area contributed by atoms with E-state index >= 15 is 0 Å². The number of nitrogens with zero attached hydrogens (tertiary/aromatic N) is 2. The monoisotopic (exact) mass is 429 g/mol. The molecule has 0 fully saturated rings. The van der Waals surface area contributed by atoms with Gasteiger partial charge in [-0.25, -0.2) is 10.2 Å². The molecule has 0 spiro atoms. The van der Waals surface area contributed by atoms with Gasteiger partial charge in [0.25, 0.3) is 5.91 Å². The van der Waals surface area contributed by atoms with Crippen molar-refractivity contribution >= 4 is 40.5 Å². The van der Waals surface area contributed by atoms with Gasteiger partial charge in [-0.1, -0.05) is 41.9 Å². The molecule has 0 aliphatic heterocycles. The molecule has 1 heterocycles. The Bertz CT molecular complexity index is 1270. The van der Waals surface area contributed by atoms with Crippen molar-refractivity contribution < 1.29 is 14.3 Å². The van der Waals surface area contributed by atoms with Crippen molar-refractivity contribution in [3.63, 3.8) is 0 Å². The first-order chi connectivity index (χ1) is 15.1. The number of amides is 1. The fourth-order valence-corrected chi connectivity index (χ4v) is 3.09. The Morgan fingerprint density at radius 1 is 0.903 bits per heavy atom. The summed E-state index contributed by atoms with van der Waals surface area (Å²) in [6, 6.07) is 20.8. The highest BCUT2D eigenvalue weighted by Gasteiger charge is 2.14. The zero-order valence-corrected chi connectivity index (χ0v) is 16.9. The van der Waals surface area contributed by atoms with Crippen molar-refractivity contribution in [3.05, 3.63) is 107 Å². The summed E-state index contributed by atoms with van der Waals surface area (Å²) in [7, 11) is 0. The van der Waals surface area contributed by atoms with E-state index in [4.69, 9.17) is 16.3 Å². The average Bonchev–Trinajstić information content (AvgIpc) is 2.81. The van der Waals surface area contributed by atoms with E-state index < -0.39 is 5.97 Å². The second-order valence-electron chi connectivity index (χ2n) is 6.53. The molecule has 1 aromatic heterocycles. The maximum absolute atomic E-state index is 12.6. The van der Waals surface area contributed by atoms with Crippen molar-refractivity contribution in [2.24, 2.45) is 5.10 Å². The van der Waals surface area contributed by atoms with Crippen LogP contribution >= 0.6 is 11.6 Å². The zero-order valence-electron chi connectivity index (χ0n) is 16.2. The first kappa shape index (κ1) is 20.3. The van der Waals surface area contributed by atoms with E-state index in [1.54, 1.807) is 42.5 Å². The van der Waals surface area contributed by atoms with Gasteiger partial charge in [0, 0.05) is 28.5 Å². The Morgan fingerprint density at radius 2 is 1.65 bits per heavy atom. The zero-order chi connectivity index (χ0) is 21.6. The van der Waals surface area contributed by atoms with Crippen LogP contribution in [0.3, 0.4) is 0 Å². The number of fused-ring (bicyclic) bond motifs is 1. The van der Waals surface area contributed by atoms with Crippen LogP contribution in [-0.2, 0) is 0 Å². The van der Waals surface area contributed by atoms with Gasteiger partial charge in [-0.05, 0) is 53.2 Å². The molecule has 0 saturated heterocycles. The lowest BCUT2D eigenvalue weighted by molar-refractivity contribution is 0.0734. The van der Waals surface area contributed by atoms with Crippen molar-refractivity contribution in [1.29, 1.82) is 0 Å². The van der Waals surface area contributed by atoms with Gasteiger partial charge in [-0.2, -0.15) is 5.10 Å². The van der Waals surface area contributed by atoms with Crippen LogP contribution in [-0.4, -0.2) is 23.1 Å². The van der Waals surface area contributed by atoms with E-state index in [0.29, 0.717) is 27.5 Å². The number of hydrogen-bond donors (Lipinski definition) is 1. The van der Waals surface area contributed by atoms with Crippen LogP contribution in [0.5, 0.6) is 5.75 Å². The summed E-state index contributed by atoms with van der Waals surface area (Å²) in [5, 5.41) is 6.36. The van der Waals surface area contributed by atoms with Gasteiger partial charge in [0.05, 0.1) is 11.8 Å². The van der Waals surface area contributed by atoms with E-state index in [0.717, 1.165) is 10.8 Å². The quantitative estimate of drug-likeness (QED) is 0.212. The number of aromatic nitrogens is 1. The summed E-state index contributed by atoms with van der Waals surface area (Å²) in [6.07, 6.45) is 4.52. The van der Waals surface area contributed by atoms with Crippen molar-refractivity contribution in [2.45, 2.75) is 0 Å². The molecule has 4 rings (SSSR count). The van der Waals surface area contributed by atoms with Gasteiger partial charge in [-0.3, -0.25) is 9.78 Å². The molecule has 6 nitrogen and oxygen atoms in total. The second kappa shape index (κ2) is 9.19. The Kier molecular flexibility index (Phi) is 6.01. The number of benzene rings is 3. The molecule has 0 atom stereocenters. The number of carbonyl (C=O) groups excluding carboxylic acids is 2. The van der Waals surface area contributed by atoms with Crippen LogP contribution in [0.15, 0.2) is 90.3 Å². The Morgan fingerprint density at radius 3 is 2.42 bits per heavy atom. The van der Waals surface area contributed by atoms with Gasteiger partial charge >= 0.3 is 5.97 Å². The van der Waals surface area contributed by atoms with E-state index in [1.807, 2.05) is 30.3 Å². The molecule has 0 aliphatic rings. The molecule has 0 bridgehead atoms. The summed E-state index contributed by atoms with van der Waals surface area (Å²) in [5.41, 5.74) is 3.84. The first-order valence-electron chi connectivity index (χ1n) is 9.35. The maximum Gasteiger partial charge on any atom is 0.343 e. The number of rotatable bonds is 5. The molecular weight excluding hydrogens is 414 g/mol. The molecule has 0 saturated carbocycles. The van der Waals surface area contributed by atoms with E-state index in [-0.39, 0.29) is 5.91 Å². The third-order valence-corrected chi connectivity index (χ3v) is 4.77. The number of halogens is 1. The molecule has 7 heteroatoms. The number of esters is 1. The smallest absolute Gasteiger partial charge is 0.343 e. The molecule has 1 N–H and O–H groups in total. The van der Waals surface area contributed by atoms with Gasteiger partial charge < -0.3 is 4.74 Å². The van der Waals surface area contributed by atoms with Crippen molar-refractivity contribution in [3.8, 4) is 5.75 Å². The molecule has 0 aliphatic carbocycles. The predicted octanol–water partition coefficient (Wildman–Crippen LogP) is 4.87. The van der Waals surface area contributed by atoms with E-state index in [2.05, 4.69) is 15.5 Å². The van der Waals surface area contributed by atoms with Gasteiger partial charge in [0.2, 0.25) is 0 Å². The Balaban J connectivity index is 1.63. The third kappa shape index (κ3) is 4.76. The number of nitrogens with one attached hydrogen (secondary N) is 1. The summed E-state index contributed by atoms with van der Waals surface area (Å²) < 4.78 is 5.63. The summed E-state index contributed by atoms with van der Waals surface area (Å²) >= 11 is 5.89. The lowest BCUT2D eigenvalue weighted by atomic mass is 10.0. The molecule has 152 valence electrons. The molecule has 0 unspecified atom stereocenters. The van der Waals surface area contributed by atoms with Crippen LogP contribution in [0.2, 0.25) is 5.02 Å². The summed E-state index contributed by atoms with van der Waals surface area (Å²) in [5.74, 6) is -0.582. The van der Waals surface area contributed by atoms with Crippen molar-refractivity contribution in [2.75, 3.05) is 0 Å². The second-order valence-corrected chi connectivity index (χ2v) is 6.97. The minimum atomic E-state index is -0.526. The minimum Gasteiger partial charge on any atom is -0.422 e. The average molecular weight is 430 g/mol. The molecular formula is C24H16ClN3O3. The number of ether oxygens (including phenoxy) is 1. The summed E-state index contributed by atoms with van der Waals surface area (Å²) in [6.45, 7) is 0. The molecule has 1 amide bonds. The fourth-order valence-electron chi connectivity index (χ4n) is 2.97. The van der Waals surface area contributed by atoms with Crippen LogP contribution in [0.25, 0.3) is 10.8 Å². The Labute approximate surface area is 183 Å². The molecule has 31 heavy (non-hydrogen) atoms. The van der Waals surface area contributed by atoms with Gasteiger partial charge in [-0.15, -0.1) is 0 Å². The van der Waals surface area contributed by atoms with Crippen LogP contribution in [0.1, 0.15) is 26.3 Å². The molecule has 3 aromatic carbocycles.